The Bertz CT molecular complexity index is 590. The van der Waals surface area contributed by atoms with Gasteiger partial charge in [-0.1, -0.05) is 23.6 Å². The smallest absolute Gasteiger partial charge is 0.304 e. The van der Waals surface area contributed by atoms with Crippen molar-refractivity contribution in [1.29, 1.82) is 0 Å². The minimum absolute atomic E-state index is 0.0552. The van der Waals surface area contributed by atoms with Gasteiger partial charge in [0.2, 0.25) is 0 Å². The van der Waals surface area contributed by atoms with Crippen molar-refractivity contribution in [2.45, 2.75) is 6.54 Å². The summed E-state index contributed by atoms with van der Waals surface area (Å²) in [5, 5.41) is 4.93. The number of thiocarbonyl (C=S) groups is 1. The normalized spacial score (nSPS) is 10.1. The van der Waals surface area contributed by atoms with Crippen molar-refractivity contribution in [3.8, 4) is 0 Å². The molecule has 0 saturated heterocycles. The highest BCUT2D eigenvalue weighted by molar-refractivity contribution is 7.80. The van der Waals surface area contributed by atoms with E-state index in [1.54, 1.807) is 17.6 Å². The molecule has 7 heteroatoms. The Hall–Kier alpha value is -1.73. The molecule has 0 aliphatic rings. The molecule has 2 aromatic rings. The van der Waals surface area contributed by atoms with E-state index in [4.69, 9.17) is 18.0 Å². The molecule has 4 N–H and O–H groups in total. The molecule has 0 aliphatic heterocycles. The largest absolute Gasteiger partial charge is 0.388 e. The van der Waals surface area contributed by atoms with Gasteiger partial charge in [0.05, 0.1) is 12.2 Å². The van der Waals surface area contributed by atoms with Crippen LogP contribution in [0.25, 0.3) is 0 Å². The van der Waals surface area contributed by atoms with E-state index < -0.39 is 0 Å². The summed E-state index contributed by atoms with van der Waals surface area (Å²) < 4.78 is 0. The maximum Gasteiger partial charge on any atom is 0.304 e. The van der Waals surface area contributed by atoms with Gasteiger partial charge in [0.15, 0.2) is 0 Å². The van der Waals surface area contributed by atoms with E-state index in [2.05, 4.69) is 15.3 Å². The fourth-order valence-corrected chi connectivity index (χ4v) is 1.97. The number of H-pyrrole nitrogens is 1. The van der Waals surface area contributed by atoms with Crippen LogP contribution in [0.1, 0.15) is 11.4 Å². The van der Waals surface area contributed by atoms with Gasteiger partial charge >= 0.3 is 4.87 Å². The average Bonchev–Trinajstić information content (AvgIpc) is 2.73. The first-order chi connectivity index (χ1) is 8.15. The maximum absolute atomic E-state index is 10.9. The lowest BCUT2D eigenvalue weighted by Gasteiger charge is -2.05. The predicted molar refractivity (Wildman–Crippen MR) is 72.4 cm³/mol. The van der Waals surface area contributed by atoms with Crippen LogP contribution >= 0.6 is 23.6 Å². The number of anilines is 1. The third-order valence-electron chi connectivity index (χ3n) is 2.07. The Morgan fingerprint density at radius 3 is 3.12 bits per heavy atom. The summed E-state index contributed by atoms with van der Waals surface area (Å²) in [6.07, 6.45) is 1.63. The summed E-state index contributed by atoms with van der Waals surface area (Å²) >= 11 is 5.99. The molecule has 0 spiro atoms. The first kappa shape index (κ1) is 11.7. The molecule has 2 aromatic heterocycles. The molecule has 0 saturated carbocycles. The van der Waals surface area contributed by atoms with E-state index in [1.165, 1.54) is 0 Å². The molecule has 0 fully saturated rings. The standard InChI is InChI=1S/C10H10N4OS2/c11-9(16)8-3-6(1-2-12-8)13-4-7-5-17-10(15)14-7/h1-3,5H,4H2,(H2,11,16)(H,12,13)(H,14,15). The number of aromatic nitrogens is 2. The van der Waals surface area contributed by atoms with Crippen LogP contribution in [-0.2, 0) is 6.54 Å². The Balaban J connectivity index is 2.06. The number of nitrogens with one attached hydrogen (secondary N) is 2. The third kappa shape index (κ3) is 3.11. The molecule has 2 rings (SSSR count). The highest BCUT2D eigenvalue weighted by Gasteiger charge is 2.00. The Morgan fingerprint density at radius 2 is 2.47 bits per heavy atom. The zero-order valence-corrected chi connectivity index (χ0v) is 10.4. The molecular formula is C10H10N4OS2. The average molecular weight is 266 g/mol. The zero-order valence-electron chi connectivity index (χ0n) is 8.77. The molecule has 88 valence electrons. The number of aromatic amines is 1. The van der Waals surface area contributed by atoms with Crippen LogP contribution in [-0.4, -0.2) is 15.0 Å². The zero-order chi connectivity index (χ0) is 12.3. The fraction of sp³-hybridized carbons (Fsp3) is 0.100. The van der Waals surface area contributed by atoms with E-state index >= 15 is 0 Å². The van der Waals surface area contributed by atoms with Gasteiger partial charge in [0.25, 0.3) is 0 Å². The van der Waals surface area contributed by atoms with Crippen LogP contribution in [0.15, 0.2) is 28.5 Å². The van der Waals surface area contributed by atoms with Crippen LogP contribution in [0.5, 0.6) is 0 Å². The molecular weight excluding hydrogens is 256 g/mol. The van der Waals surface area contributed by atoms with Gasteiger partial charge in [0.1, 0.15) is 4.99 Å². The first-order valence-electron chi connectivity index (χ1n) is 4.81. The summed E-state index contributed by atoms with van der Waals surface area (Å²) in [4.78, 5) is 17.9. The van der Waals surface area contributed by atoms with Gasteiger partial charge in [-0.05, 0) is 12.1 Å². The minimum Gasteiger partial charge on any atom is -0.388 e. The van der Waals surface area contributed by atoms with Crippen LogP contribution in [0.3, 0.4) is 0 Å². The highest BCUT2D eigenvalue weighted by Crippen LogP contribution is 2.09. The van der Waals surface area contributed by atoms with E-state index in [-0.39, 0.29) is 9.86 Å². The number of rotatable bonds is 4. The van der Waals surface area contributed by atoms with Crippen molar-refractivity contribution in [2.24, 2.45) is 5.73 Å². The topological polar surface area (TPSA) is 83.8 Å². The van der Waals surface area contributed by atoms with Crippen molar-refractivity contribution in [1.82, 2.24) is 9.97 Å². The molecule has 0 aromatic carbocycles. The van der Waals surface area contributed by atoms with Crippen LogP contribution in [0, 0.1) is 0 Å². The molecule has 5 nitrogen and oxygen atoms in total. The van der Waals surface area contributed by atoms with E-state index in [1.807, 2.05) is 6.07 Å². The second-order valence-corrected chi connectivity index (χ2v) is 4.60. The number of nitrogens with zero attached hydrogens (tertiary/aromatic N) is 1. The summed E-state index contributed by atoms with van der Waals surface area (Å²) in [5.41, 5.74) is 7.76. The lowest BCUT2D eigenvalue weighted by Crippen LogP contribution is -2.12. The van der Waals surface area contributed by atoms with E-state index in [0.717, 1.165) is 22.7 Å². The molecule has 0 bridgehead atoms. The molecule has 0 atom stereocenters. The number of pyridine rings is 1. The molecule has 0 aliphatic carbocycles. The predicted octanol–water partition coefficient (Wildman–Crippen LogP) is 1.08. The number of thiazole rings is 1. The van der Waals surface area contributed by atoms with Crippen molar-refractivity contribution < 1.29 is 0 Å². The van der Waals surface area contributed by atoms with Gasteiger partial charge in [-0.2, -0.15) is 0 Å². The van der Waals surface area contributed by atoms with Crippen molar-refractivity contribution in [3.63, 3.8) is 0 Å². The lowest BCUT2D eigenvalue weighted by molar-refractivity contribution is 1.06. The van der Waals surface area contributed by atoms with E-state index in [9.17, 15) is 4.79 Å². The summed E-state index contributed by atoms with van der Waals surface area (Å²) in [7, 11) is 0. The SMILES string of the molecule is NC(=S)c1cc(NCc2csc(=O)[nH]2)ccn1. The summed E-state index contributed by atoms with van der Waals surface area (Å²) in [6, 6.07) is 3.58. The van der Waals surface area contributed by atoms with Crippen molar-refractivity contribution >= 4 is 34.2 Å². The number of nitrogens with two attached hydrogens (primary N) is 1. The summed E-state index contributed by atoms with van der Waals surface area (Å²) in [5.74, 6) is 0. The lowest BCUT2D eigenvalue weighted by atomic mass is 10.3. The van der Waals surface area contributed by atoms with Crippen LogP contribution < -0.4 is 15.9 Å². The van der Waals surface area contributed by atoms with Crippen molar-refractivity contribution in [3.05, 3.63) is 44.8 Å². The molecule has 0 radical (unpaired) electrons. The van der Waals surface area contributed by atoms with Gasteiger partial charge in [-0.3, -0.25) is 9.78 Å². The monoisotopic (exact) mass is 266 g/mol. The third-order valence-corrected chi connectivity index (χ3v) is 2.99. The molecule has 0 amide bonds. The number of hydrogen-bond donors (Lipinski definition) is 3. The Morgan fingerprint density at radius 1 is 1.65 bits per heavy atom. The van der Waals surface area contributed by atoms with Gasteiger partial charge in [-0.15, -0.1) is 0 Å². The summed E-state index contributed by atoms with van der Waals surface area (Å²) in [6.45, 7) is 0.541. The van der Waals surface area contributed by atoms with Gasteiger partial charge < -0.3 is 16.0 Å². The minimum atomic E-state index is -0.0552. The maximum atomic E-state index is 10.9. The van der Waals surface area contributed by atoms with Gasteiger partial charge in [-0.25, -0.2) is 0 Å². The molecule has 2 heterocycles. The first-order valence-corrected chi connectivity index (χ1v) is 6.10. The fourth-order valence-electron chi connectivity index (χ4n) is 1.27. The van der Waals surface area contributed by atoms with Crippen molar-refractivity contribution in [2.75, 3.05) is 5.32 Å². The second kappa shape index (κ2) is 5.07. The second-order valence-electron chi connectivity index (χ2n) is 3.32. The van der Waals surface area contributed by atoms with E-state index in [0.29, 0.717) is 12.2 Å². The van der Waals surface area contributed by atoms with Crippen LogP contribution in [0.4, 0.5) is 5.69 Å². The van der Waals surface area contributed by atoms with Gasteiger partial charge in [0, 0.05) is 23.0 Å². The molecule has 17 heavy (non-hydrogen) atoms. The Kier molecular flexibility index (Phi) is 3.50. The quantitative estimate of drug-likeness (QED) is 0.721. The Labute approximate surface area is 107 Å². The molecule has 0 unspecified atom stereocenters. The number of hydrogen-bond acceptors (Lipinski definition) is 5. The highest BCUT2D eigenvalue weighted by atomic mass is 32.1. The van der Waals surface area contributed by atoms with Crippen LogP contribution in [0.2, 0.25) is 0 Å².